The maximum Gasteiger partial charge on any atom is 0.323 e. The molecule has 0 aromatic carbocycles. The van der Waals surface area contributed by atoms with E-state index >= 15 is 0 Å². The van der Waals surface area contributed by atoms with Crippen molar-refractivity contribution in [3.63, 3.8) is 0 Å². The number of carbonyl (C=O) groups is 3. The maximum atomic E-state index is 11.7. The van der Waals surface area contributed by atoms with E-state index in [2.05, 4.69) is 57.5 Å². The second kappa shape index (κ2) is 26.4. The Hall–Kier alpha value is -1.71. The van der Waals surface area contributed by atoms with Crippen molar-refractivity contribution in [2.75, 3.05) is 0 Å². The highest BCUT2D eigenvalue weighted by Crippen LogP contribution is 2.10. The SMILES string of the molecule is CC(C)CC(NC(C)C)C(=O)OC(C)C.CC(C)C[C@@H](NC(C)C)C(=O)OC(C)C.CC(C)C[C@H](NC(C)C)C(=O)OC(C)C. The summed E-state index contributed by atoms with van der Waals surface area (Å²) in [4.78, 5) is 35.2. The van der Waals surface area contributed by atoms with Crippen LogP contribution in [0.4, 0.5) is 0 Å². The van der Waals surface area contributed by atoms with Crippen LogP contribution in [0.25, 0.3) is 0 Å². The molecular weight excluding hydrogens is 570 g/mol. The van der Waals surface area contributed by atoms with Crippen molar-refractivity contribution in [1.29, 1.82) is 0 Å². The summed E-state index contributed by atoms with van der Waals surface area (Å²) in [6, 6.07) is 0.377. The Labute approximate surface area is 278 Å². The lowest BCUT2D eigenvalue weighted by molar-refractivity contribution is -0.151. The Balaban J connectivity index is -0.000000588. The Bertz CT molecular complexity index is 634. The molecule has 0 aliphatic rings. The average Bonchev–Trinajstić information content (AvgIpc) is 2.80. The van der Waals surface area contributed by atoms with E-state index < -0.39 is 0 Å². The van der Waals surface area contributed by atoms with Crippen molar-refractivity contribution in [3.05, 3.63) is 0 Å². The fourth-order valence-electron chi connectivity index (χ4n) is 4.26. The summed E-state index contributed by atoms with van der Waals surface area (Å²) in [5, 5.41) is 9.73. The quantitative estimate of drug-likeness (QED) is 0.107. The van der Waals surface area contributed by atoms with Crippen LogP contribution in [0.3, 0.4) is 0 Å². The Kier molecular flexibility index (Phi) is 27.9. The van der Waals surface area contributed by atoms with Gasteiger partial charge in [-0.15, -0.1) is 0 Å². The van der Waals surface area contributed by atoms with Crippen LogP contribution in [-0.4, -0.2) is 72.5 Å². The summed E-state index contributed by atoms with van der Waals surface area (Å²) < 4.78 is 15.6. The first kappa shape index (κ1) is 47.7. The van der Waals surface area contributed by atoms with Gasteiger partial charge in [0.15, 0.2) is 0 Å². The van der Waals surface area contributed by atoms with Gasteiger partial charge in [-0.05, 0) is 78.6 Å². The fraction of sp³-hybridized carbons (Fsp3) is 0.917. The molecule has 0 saturated carbocycles. The van der Waals surface area contributed by atoms with Gasteiger partial charge in [-0.3, -0.25) is 14.4 Å². The normalized spacial score (nSPS) is 13.7. The van der Waals surface area contributed by atoms with Gasteiger partial charge in [0, 0.05) is 18.1 Å². The van der Waals surface area contributed by atoms with Gasteiger partial charge in [-0.1, -0.05) is 83.1 Å². The van der Waals surface area contributed by atoms with Crippen LogP contribution in [0.15, 0.2) is 0 Å². The topological polar surface area (TPSA) is 115 Å². The van der Waals surface area contributed by atoms with Crippen molar-refractivity contribution in [2.45, 2.75) is 198 Å². The number of hydrogen-bond donors (Lipinski definition) is 3. The van der Waals surface area contributed by atoms with Crippen LogP contribution in [0.5, 0.6) is 0 Å². The van der Waals surface area contributed by atoms with E-state index in [-0.39, 0.29) is 54.3 Å². The molecule has 0 aromatic heterocycles. The molecule has 0 radical (unpaired) electrons. The van der Waals surface area contributed by atoms with E-state index in [1.165, 1.54) is 0 Å². The third kappa shape index (κ3) is 32.0. The minimum absolute atomic E-state index is 0.0406. The zero-order valence-electron chi connectivity index (χ0n) is 32.5. The smallest absolute Gasteiger partial charge is 0.323 e. The molecule has 0 aliphatic carbocycles. The number of nitrogens with one attached hydrogen (secondary N) is 3. The minimum atomic E-state index is -0.174. The van der Waals surface area contributed by atoms with Gasteiger partial charge in [-0.2, -0.15) is 0 Å². The van der Waals surface area contributed by atoms with E-state index in [4.69, 9.17) is 14.2 Å². The molecule has 0 fully saturated rings. The number of rotatable bonds is 18. The third-order valence-corrected chi connectivity index (χ3v) is 5.63. The minimum Gasteiger partial charge on any atom is -0.462 e. The summed E-state index contributed by atoms with van der Waals surface area (Å²) in [5.74, 6) is 1.06. The molecule has 3 atom stereocenters. The molecule has 0 amide bonds. The number of carbonyl (C=O) groups excluding carboxylic acids is 3. The highest BCUT2D eigenvalue weighted by atomic mass is 16.6. The van der Waals surface area contributed by atoms with E-state index in [0.29, 0.717) is 35.9 Å². The monoisotopic (exact) mass is 646 g/mol. The molecule has 3 N–H and O–H groups in total. The third-order valence-electron chi connectivity index (χ3n) is 5.63. The maximum absolute atomic E-state index is 11.7. The molecule has 0 heterocycles. The Morgan fingerprint density at radius 2 is 0.556 bits per heavy atom. The molecule has 45 heavy (non-hydrogen) atoms. The largest absolute Gasteiger partial charge is 0.462 e. The van der Waals surface area contributed by atoms with Gasteiger partial charge in [0.05, 0.1) is 18.3 Å². The van der Waals surface area contributed by atoms with Crippen molar-refractivity contribution < 1.29 is 28.6 Å². The lowest BCUT2D eigenvalue weighted by Crippen LogP contribution is -2.43. The molecule has 1 unspecified atom stereocenters. The predicted octanol–water partition coefficient (Wildman–Crippen LogP) is 7.05. The van der Waals surface area contributed by atoms with E-state index in [0.717, 1.165) is 19.3 Å². The van der Waals surface area contributed by atoms with E-state index in [1.807, 2.05) is 83.1 Å². The first-order valence-corrected chi connectivity index (χ1v) is 17.4. The molecule has 9 nitrogen and oxygen atoms in total. The number of ether oxygens (including phenoxy) is 3. The van der Waals surface area contributed by atoms with Crippen LogP contribution in [-0.2, 0) is 28.6 Å². The lowest BCUT2D eigenvalue weighted by atomic mass is 10.0. The highest BCUT2D eigenvalue weighted by molar-refractivity contribution is 5.76. The van der Waals surface area contributed by atoms with Crippen LogP contribution < -0.4 is 16.0 Å². The predicted molar refractivity (Wildman–Crippen MR) is 188 cm³/mol. The molecule has 0 aromatic rings. The van der Waals surface area contributed by atoms with Gasteiger partial charge in [-0.25, -0.2) is 0 Å². The molecule has 0 aliphatic heterocycles. The van der Waals surface area contributed by atoms with Gasteiger partial charge >= 0.3 is 17.9 Å². The summed E-state index contributed by atoms with van der Waals surface area (Å²) in [6.45, 7) is 36.1. The molecule has 9 heteroatoms. The molecule has 0 saturated heterocycles. The van der Waals surface area contributed by atoms with Crippen LogP contribution >= 0.6 is 0 Å². The van der Waals surface area contributed by atoms with Crippen molar-refractivity contribution in [3.8, 4) is 0 Å². The van der Waals surface area contributed by atoms with Gasteiger partial charge in [0.1, 0.15) is 18.1 Å². The Morgan fingerprint density at radius 3 is 0.667 bits per heavy atom. The highest BCUT2D eigenvalue weighted by Gasteiger charge is 2.24. The second-order valence-electron chi connectivity index (χ2n) is 15.0. The van der Waals surface area contributed by atoms with Gasteiger partial charge < -0.3 is 30.2 Å². The average molecular weight is 646 g/mol. The van der Waals surface area contributed by atoms with Crippen molar-refractivity contribution in [2.24, 2.45) is 17.8 Å². The molecule has 0 bridgehead atoms. The van der Waals surface area contributed by atoms with Gasteiger partial charge in [0.25, 0.3) is 0 Å². The summed E-state index contributed by atoms with van der Waals surface area (Å²) in [6.07, 6.45) is 2.35. The number of esters is 3. The number of hydrogen-bond acceptors (Lipinski definition) is 9. The Morgan fingerprint density at radius 1 is 0.378 bits per heavy atom. The fourth-order valence-corrected chi connectivity index (χ4v) is 4.26. The lowest BCUT2D eigenvalue weighted by Gasteiger charge is -2.22. The van der Waals surface area contributed by atoms with Gasteiger partial charge in [0.2, 0.25) is 0 Å². The van der Waals surface area contributed by atoms with E-state index in [1.54, 1.807) is 0 Å². The van der Waals surface area contributed by atoms with Crippen LogP contribution in [0, 0.1) is 17.8 Å². The first-order valence-electron chi connectivity index (χ1n) is 17.4. The molecule has 270 valence electrons. The summed E-state index contributed by atoms with van der Waals surface area (Å²) in [7, 11) is 0. The summed E-state index contributed by atoms with van der Waals surface area (Å²) in [5.41, 5.74) is 0. The summed E-state index contributed by atoms with van der Waals surface area (Å²) >= 11 is 0. The van der Waals surface area contributed by atoms with Crippen LogP contribution in [0.1, 0.15) is 144 Å². The van der Waals surface area contributed by atoms with E-state index in [9.17, 15) is 14.4 Å². The first-order chi connectivity index (χ1) is 20.5. The molecule has 0 spiro atoms. The second-order valence-corrected chi connectivity index (χ2v) is 15.0. The standard InChI is InChI=1S/3C12H25NO2/c3*1-8(2)7-11(13-9(3)4)12(14)15-10(5)6/h3*8-11,13H,7H2,1-6H3/t2*11-;/m10./s1. The molecular formula is C36H75N3O6. The van der Waals surface area contributed by atoms with Crippen molar-refractivity contribution >= 4 is 17.9 Å². The zero-order valence-corrected chi connectivity index (χ0v) is 32.5. The molecule has 0 rings (SSSR count). The van der Waals surface area contributed by atoms with Crippen LogP contribution in [0.2, 0.25) is 0 Å². The van der Waals surface area contributed by atoms with Crippen molar-refractivity contribution in [1.82, 2.24) is 16.0 Å². The zero-order chi connectivity index (χ0) is 36.0.